The average molecular weight is 404 g/mol. The second kappa shape index (κ2) is 8.19. The molecule has 1 fully saturated rings. The average Bonchev–Trinajstić information content (AvgIpc) is 3.18. The van der Waals surface area contributed by atoms with Crippen LogP contribution < -0.4 is 10.1 Å². The maximum Gasteiger partial charge on any atom is 0.222 e. The standard InChI is InChI=1S/C23H21N3O2S/c1-2-8-21-20(7-1)26-23(29-21)25-17-9-11-18(12-10-17)28-22-19(6-3-13-24-22)16-5-4-14-27-15-16/h1-3,6-13,16H,4-5,14-15H2,(H,25,26)/t16-/m0/s1. The van der Waals surface area contributed by atoms with Crippen LogP contribution in [-0.4, -0.2) is 23.2 Å². The Labute approximate surface area is 173 Å². The number of rotatable bonds is 5. The van der Waals surface area contributed by atoms with Crippen LogP contribution in [0.4, 0.5) is 10.8 Å². The molecule has 1 N–H and O–H groups in total. The van der Waals surface area contributed by atoms with Crippen LogP contribution >= 0.6 is 11.3 Å². The Morgan fingerprint density at radius 1 is 1.03 bits per heavy atom. The third-order valence-electron chi connectivity index (χ3n) is 5.01. The Hall–Kier alpha value is -2.96. The fraction of sp³-hybridized carbons (Fsp3) is 0.217. The molecule has 0 radical (unpaired) electrons. The van der Waals surface area contributed by atoms with Gasteiger partial charge in [0.15, 0.2) is 5.13 Å². The maximum atomic E-state index is 6.11. The normalized spacial score (nSPS) is 16.6. The van der Waals surface area contributed by atoms with Crippen LogP contribution in [0.5, 0.6) is 11.6 Å². The van der Waals surface area contributed by atoms with Gasteiger partial charge in [0, 0.05) is 30.0 Å². The van der Waals surface area contributed by atoms with E-state index in [9.17, 15) is 0 Å². The van der Waals surface area contributed by atoms with Crippen molar-refractivity contribution < 1.29 is 9.47 Å². The van der Waals surface area contributed by atoms with Crippen molar-refractivity contribution in [2.45, 2.75) is 18.8 Å². The molecular weight excluding hydrogens is 382 g/mol. The van der Waals surface area contributed by atoms with E-state index < -0.39 is 0 Å². The summed E-state index contributed by atoms with van der Waals surface area (Å²) in [6, 6.07) is 20.1. The minimum absolute atomic E-state index is 0.340. The fourth-order valence-electron chi connectivity index (χ4n) is 3.55. The molecule has 1 atom stereocenters. The SMILES string of the molecule is c1cnc(Oc2ccc(Nc3nc4ccccc4s3)cc2)c([C@H]2CCCOC2)c1. The summed E-state index contributed by atoms with van der Waals surface area (Å²) in [5, 5.41) is 4.25. The van der Waals surface area contributed by atoms with E-state index >= 15 is 0 Å². The van der Waals surface area contributed by atoms with Crippen LogP contribution in [0.15, 0.2) is 66.9 Å². The Balaban J connectivity index is 1.31. The fourth-order valence-corrected chi connectivity index (χ4v) is 4.44. The molecule has 2 aromatic carbocycles. The monoisotopic (exact) mass is 403 g/mol. The van der Waals surface area contributed by atoms with Crippen LogP contribution in [0.2, 0.25) is 0 Å². The molecule has 0 saturated carbocycles. The zero-order chi connectivity index (χ0) is 19.5. The maximum absolute atomic E-state index is 6.11. The van der Waals surface area contributed by atoms with Crippen LogP contribution in [0.25, 0.3) is 10.2 Å². The molecule has 1 aliphatic heterocycles. The smallest absolute Gasteiger partial charge is 0.222 e. The minimum atomic E-state index is 0.340. The Kier molecular flexibility index (Phi) is 5.11. The van der Waals surface area contributed by atoms with Crippen molar-refractivity contribution in [2.75, 3.05) is 18.5 Å². The third-order valence-corrected chi connectivity index (χ3v) is 5.97. The Morgan fingerprint density at radius 3 is 2.76 bits per heavy atom. The number of benzene rings is 2. The summed E-state index contributed by atoms with van der Waals surface area (Å²) in [6.07, 6.45) is 3.95. The first-order valence-electron chi connectivity index (χ1n) is 9.78. The van der Waals surface area contributed by atoms with Gasteiger partial charge >= 0.3 is 0 Å². The number of pyridine rings is 1. The molecule has 5 nitrogen and oxygen atoms in total. The molecule has 0 unspecified atom stereocenters. The first-order chi connectivity index (χ1) is 14.3. The van der Waals surface area contributed by atoms with Gasteiger partial charge in [0.25, 0.3) is 0 Å². The largest absolute Gasteiger partial charge is 0.439 e. The predicted molar refractivity (Wildman–Crippen MR) is 116 cm³/mol. The highest BCUT2D eigenvalue weighted by Gasteiger charge is 2.20. The molecule has 29 heavy (non-hydrogen) atoms. The van der Waals surface area contributed by atoms with Crippen molar-refractivity contribution in [3.05, 3.63) is 72.4 Å². The molecule has 4 aromatic rings. The first kappa shape index (κ1) is 18.1. The number of hydrogen-bond acceptors (Lipinski definition) is 6. The zero-order valence-corrected chi connectivity index (χ0v) is 16.7. The Bertz CT molecular complexity index is 1070. The lowest BCUT2D eigenvalue weighted by Gasteiger charge is -2.23. The number of nitrogens with zero attached hydrogens (tertiary/aromatic N) is 2. The lowest BCUT2D eigenvalue weighted by atomic mass is 9.94. The van der Waals surface area contributed by atoms with Gasteiger partial charge in [0.05, 0.1) is 16.8 Å². The van der Waals surface area contributed by atoms with Gasteiger partial charge in [-0.3, -0.25) is 0 Å². The van der Waals surface area contributed by atoms with Gasteiger partial charge in [-0.05, 0) is 55.3 Å². The zero-order valence-electron chi connectivity index (χ0n) is 15.9. The molecule has 0 aliphatic carbocycles. The van der Waals surface area contributed by atoms with Gasteiger partial charge in [-0.25, -0.2) is 9.97 Å². The van der Waals surface area contributed by atoms with Crippen molar-refractivity contribution in [1.82, 2.24) is 9.97 Å². The van der Waals surface area contributed by atoms with E-state index in [4.69, 9.17) is 9.47 Å². The van der Waals surface area contributed by atoms with Crippen molar-refractivity contribution in [1.29, 1.82) is 0 Å². The molecule has 0 bridgehead atoms. The summed E-state index contributed by atoms with van der Waals surface area (Å²) in [4.78, 5) is 9.08. The van der Waals surface area contributed by atoms with Gasteiger partial charge in [0.1, 0.15) is 5.75 Å². The molecule has 3 heterocycles. The summed E-state index contributed by atoms with van der Waals surface area (Å²) in [5.74, 6) is 1.76. The topological polar surface area (TPSA) is 56.3 Å². The van der Waals surface area contributed by atoms with Gasteiger partial charge in [0.2, 0.25) is 5.88 Å². The number of anilines is 2. The molecule has 0 spiro atoms. The number of thiazole rings is 1. The molecule has 1 saturated heterocycles. The van der Waals surface area contributed by atoms with E-state index in [0.29, 0.717) is 11.8 Å². The number of hydrogen-bond donors (Lipinski definition) is 1. The molecule has 6 heteroatoms. The number of aromatic nitrogens is 2. The van der Waals surface area contributed by atoms with E-state index in [2.05, 4.69) is 27.4 Å². The van der Waals surface area contributed by atoms with Crippen LogP contribution in [0, 0.1) is 0 Å². The quantitative estimate of drug-likeness (QED) is 0.435. The van der Waals surface area contributed by atoms with Crippen LogP contribution in [-0.2, 0) is 4.74 Å². The van der Waals surface area contributed by atoms with E-state index in [0.717, 1.165) is 53.7 Å². The summed E-state index contributed by atoms with van der Waals surface area (Å²) in [6.45, 7) is 1.57. The second-order valence-electron chi connectivity index (χ2n) is 7.05. The highest BCUT2D eigenvalue weighted by atomic mass is 32.1. The predicted octanol–water partition coefficient (Wildman–Crippen LogP) is 6.12. The van der Waals surface area contributed by atoms with Gasteiger partial charge < -0.3 is 14.8 Å². The molecular formula is C23H21N3O2S. The van der Waals surface area contributed by atoms with Crippen LogP contribution in [0.1, 0.15) is 24.3 Å². The lowest BCUT2D eigenvalue weighted by molar-refractivity contribution is 0.0797. The number of fused-ring (bicyclic) bond motifs is 1. The molecule has 1 aliphatic rings. The van der Waals surface area contributed by atoms with Crippen molar-refractivity contribution in [3.8, 4) is 11.6 Å². The Morgan fingerprint density at radius 2 is 1.93 bits per heavy atom. The van der Waals surface area contributed by atoms with Gasteiger partial charge in [-0.2, -0.15) is 0 Å². The summed E-state index contributed by atoms with van der Waals surface area (Å²) < 4.78 is 12.9. The van der Waals surface area contributed by atoms with E-state index in [-0.39, 0.29) is 0 Å². The highest BCUT2D eigenvalue weighted by Crippen LogP contribution is 2.34. The van der Waals surface area contributed by atoms with Crippen LogP contribution in [0.3, 0.4) is 0 Å². The lowest BCUT2D eigenvalue weighted by Crippen LogP contribution is -2.16. The van der Waals surface area contributed by atoms with Gasteiger partial charge in [-0.1, -0.05) is 29.5 Å². The number of nitrogens with one attached hydrogen (secondary N) is 1. The minimum Gasteiger partial charge on any atom is -0.439 e. The second-order valence-corrected chi connectivity index (χ2v) is 8.08. The summed E-state index contributed by atoms with van der Waals surface area (Å²) in [7, 11) is 0. The van der Waals surface area contributed by atoms with E-state index in [1.165, 1.54) is 4.70 Å². The van der Waals surface area contributed by atoms with E-state index in [1.54, 1.807) is 17.5 Å². The van der Waals surface area contributed by atoms with E-state index in [1.807, 2.05) is 48.5 Å². The van der Waals surface area contributed by atoms with Crippen molar-refractivity contribution >= 4 is 32.4 Å². The number of ether oxygens (including phenoxy) is 2. The summed E-state index contributed by atoms with van der Waals surface area (Å²) in [5.41, 5.74) is 3.09. The summed E-state index contributed by atoms with van der Waals surface area (Å²) >= 11 is 1.64. The molecule has 5 rings (SSSR count). The molecule has 0 amide bonds. The number of para-hydroxylation sites is 1. The molecule has 2 aromatic heterocycles. The van der Waals surface area contributed by atoms with Crippen molar-refractivity contribution in [2.24, 2.45) is 0 Å². The van der Waals surface area contributed by atoms with Gasteiger partial charge in [-0.15, -0.1) is 0 Å². The third kappa shape index (κ3) is 4.09. The first-order valence-corrected chi connectivity index (χ1v) is 10.6. The molecule has 146 valence electrons. The van der Waals surface area contributed by atoms with Crippen molar-refractivity contribution in [3.63, 3.8) is 0 Å². The highest BCUT2D eigenvalue weighted by molar-refractivity contribution is 7.22.